The molecule has 2 rings (SSSR count). The summed E-state index contributed by atoms with van der Waals surface area (Å²) in [7, 11) is 0. The van der Waals surface area contributed by atoms with Gasteiger partial charge in [0.25, 0.3) is 0 Å². The van der Waals surface area contributed by atoms with E-state index in [-0.39, 0.29) is 18.3 Å². The smallest absolute Gasteiger partial charge is 0.198 e. The first-order valence-corrected chi connectivity index (χ1v) is 9.00. The third-order valence-electron chi connectivity index (χ3n) is 4.12. The fourth-order valence-electron chi connectivity index (χ4n) is 2.49. The van der Waals surface area contributed by atoms with Crippen LogP contribution in [0.25, 0.3) is 11.0 Å². The summed E-state index contributed by atoms with van der Waals surface area (Å²) in [6.07, 6.45) is 0.851. The van der Waals surface area contributed by atoms with Crippen LogP contribution in [-0.2, 0) is 0 Å². The van der Waals surface area contributed by atoms with Crippen LogP contribution in [0.4, 0.5) is 0 Å². The molecule has 0 spiro atoms. The summed E-state index contributed by atoms with van der Waals surface area (Å²) >= 11 is 0. The van der Waals surface area contributed by atoms with Gasteiger partial charge in [0, 0.05) is 24.4 Å². The number of hydrogen-bond acceptors (Lipinski definition) is 5. The molecule has 0 radical (unpaired) electrons. The van der Waals surface area contributed by atoms with Crippen LogP contribution >= 0.6 is 0 Å². The number of para-hydroxylation sites is 1. The number of ether oxygens (including phenoxy) is 1. The van der Waals surface area contributed by atoms with E-state index in [1.807, 2.05) is 26.0 Å². The summed E-state index contributed by atoms with van der Waals surface area (Å²) in [4.78, 5) is 12.2. The second-order valence-corrected chi connectivity index (χ2v) is 6.99. The minimum Gasteiger partial charge on any atom is -0.487 e. The number of aliphatic hydroxyl groups is 1. The lowest BCUT2D eigenvalue weighted by Crippen LogP contribution is -2.36. The zero-order valence-corrected chi connectivity index (χ0v) is 15.5. The topological polar surface area (TPSA) is 71.7 Å². The Hall–Kier alpha value is -1.85. The molecule has 0 aliphatic heterocycles. The molecule has 2 N–H and O–H groups in total. The number of carbonyl (C=O) groups excluding carboxylic acids is 1. The Bertz CT molecular complexity index is 692. The van der Waals surface area contributed by atoms with Crippen LogP contribution in [0.15, 0.2) is 28.7 Å². The molecule has 0 fully saturated rings. The number of carbonyl (C=O) groups is 1. The van der Waals surface area contributed by atoms with Gasteiger partial charge < -0.3 is 19.6 Å². The number of Topliss-reactive ketones (excluding diaryl/α,β-unsaturated/α-hetero) is 1. The summed E-state index contributed by atoms with van der Waals surface area (Å²) in [6, 6.07) is 7.65. The second-order valence-electron chi connectivity index (χ2n) is 6.99. The lowest BCUT2D eigenvalue weighted by molar-refractivity contribution is 0.0940. The number of fused-ring (bicyclic) bond motifs is 1. The van der Waals surface area contributed by atoms with Crippen molar-refractivity contribution in [2.75, 3.05) is 13.2 Å². The Morgan fingerprint density at radius 1 is 1.32 bits per heavy atom. The predicted octanol–water partition coefficient (Wildman–Crippen LogP) is 3.79. The van der Waals surface area contributed by atoms with Gasteiger partial charge in [0.1, 0.15) is 12.7 Å². The molecule has 2 atom stereocenters. The highest BCUT2D eigenvalue weighted by molar-refractivity contribution is 5.98. The van der Waals surface area contributed by atoms with Gasteiger partial charge in [-0.05, 0) is 31.4 Å². The van der Waals surface area contributed by atoms with Gasteiger partial charge in [0.15, 0.2) is 22.9 Å². The van der Waals surface area contributed by atoms with Crippen LogP contribution in [0.1, 0.15) is 51.1 Å². The van der Waals surface area contributed by atoms with Crippen LogP contribution in [0.5, 0.6) is 5.75 Å². The first-order valence-electron chi connectivity index (χ1n) is 9.00. The third-order valence-corrected chi connectivity index (χ3v) is 4.12. The van der Waals surface area contributed by atoms with Gasteiger partial charge >= 0.3 is 0 Å². The summed E-state index contributed by atoms with van der Waals surface area (Å²) in [6.45, 7) is 8.82. The van der Waals surface area contributed by atoms with Crippen LogP contribution in [0.2, 0.25) is 0 Å². The van der Waals surface area contributed by atoms with Crippen molar-refractivity contribution >= 4 is 16.8 Å². The van der Waals surface area contributed by atoms with E-state index in [9.17, 15) is 9.90 Å². The highest BCUT2D eigenvalue weighted by atomic mass is 16.5. The summed E-state index contributed by atoms with van der Waals surface area (Å²) in [5.74, 6) is 1.18. The fraction of sp³-hybridized carbons (Fsp3) is 0.550. The zero-order valence-electron chi connectivity index (χ0n) is 15.5. The quantitative estimate of drug-likeness (QED) is 0.640. The lowest BCUT2D eigenvalue weighted by Gasteiger charge is -2.16. The van der Waals surface area contributed by atoms with Crippen molar-refractivity contribution in [3.05, 3.63) is 30.0 Å². The van der Waals surface area contributed by atoms with Crippen molar-refractivity contribution in [3.8, 4) is 5.75 Å². The number of rotatable bonds is 10. The number of nitrogens with one attached hydrogen (secondary N) is 1. The maximum absolute atomic E-state index is 12.2. The Kier molecular flexibility index (Phi) is 7.02. The molecular weight excluding hydrogens is 318 g/mol. The maximum Gasteiger partial charge on any atom is 0.198 e. The van der Waals surface area contributed by atoms with E-state index >= 15 is 0 Å². The predicted molar refractivity (Wildman–Crippen MR) is 99.3 cm³/mol. The van der Waals surface area contributed by atoms with Crippen LogP contribution < -0.4 is 10.1 Å². The highest BCUT2D eigenvalue weighted by Crippen LogP contribution is 2.29. The molecule has 0 saturated heterocycles. The van der Waals surface area contributed by atoms with Crippen LogP contribution in [-0.4, -0.2) is 36.2 Å². The number of hydrogen-bond donors (Lipinski definition) is 2. The van der Waals surface area contributed by atoms with Crippen molar-refractivity contribution in [1.29, 1.82) is 0 Å². The number of furan rings is 1. The Labute approximate surface area is 149 Å². The first kappa shape index (κ1) is 19.5. The van der Waals surface area contributed by atoms with E-state index in [0.717, 1.165) is 11.8 Å². The summed E-state index contributed by atoms with van der Waals surface area (Å²) < 4.78 is 11.5. The van der Waals surface area contributed by atoms with Crippen LogP contribution in [0.3, 0.4) is 0 Å². The van der Waals surface area contributed by atoms with E-state index in [4.69, 9.17) is 9.15 Å². The second kappa shape index (κ2) is 9.02. The highest BCUT2D eigenvalue weighted by Gasteiger charge is 2.16. The van der Waals surface area contributed by atoms with E-state index in [1.165, 1.54) is 0 Å². The molecule has 0 aliphatic rings. The minimum atomic E-state index is -0.610. The largest absolute Gasteiger partial charge is 0.487 e. The van der Waals surface area contributed by atoms with Crippen molar-refractivity contribution in [3.63, 3.8) is 0 Å². The van der Waals surface area contributed by atoms with E-state index in [2.05, 4.69) is 19.2 Å². The molecule has 1 aromatic heterocycles. The molecule has 5 heteroatoms. The molecule has 0 aliphatic carbocycles. The first-order chi connectivity index (χ1) is 11.9. The summed E-state index contributed by atoms with van der Waals surface area (Å²) in [5.41, 5.74) is 0.552. The van der Waals surface area contributed by atoms with Gasteiger partial charge in [-0.3, -0.25) is 4.79 Å². The number of benzene rings is 1. The van der Waals surface area contributed by atoms with Crippen molar-refractivity contribution in [1.82, 2.24) is 5.32 Å². The molecule has 0 bridgehead atoms. The minimum absolute atomic E-state index is 0.00469. The van der Waals surface area contributed by atoms with Gasteiger partial charge in [-0.2, -0.15) is 0 Å². The van der Waals surface area contributed by atoms with Crippen molar-refractivity contribution < 1.29 is 19.1 Å². The maximum atomic E-state index is 12.2. The Morgan fingerprint density at radius 2 is 2.08 bits per heavy atom. The SMILES string of the molecule is CCC(C)NCC(O)COc1cccc2cc(C(=O)CC(C)C)oc12. The monoisotopic (exact) mass is 347 g/mol. The average Bonchev–Trinajstić information content (AvgIpc) is 3.02. The molecule has 5 nitrogen and oxygen atoms in total. The van der Waals surface area contributed by atoms with Gasteiger partial charge in [-0.1, -0.05) is 32.9 Å². The molecule has 138 valence electrons. The molecule has 0 saturated carbocycles. The normalized spacial score (nSPS) is 14.0. The average molecular weight is 347 g/mol. The van der Waals surface area contributed by atoms with Crippen molar-refractivity contribution in [2.24, 2.45) is 5.92 Å². The van der Waals surface area contributed by atoms with Gasteiger partial charge in [-0.15, -0.1) is 0 Å². The zero-order chi connectivity index (χ0) is 18.4. The number of ketones is 1. The third kappa shape index (κ3) is 5.58. The van der Waals surface area contributed by atoms with Gasteiger partial charge in [0.05, 0.1) is 0 Å². The van der Waals surface area contributed by atoms with E-state index in [1.54, 1.807) is 12.1 Å². The summed E-state index contributed by atoms with van der Waals surface area (Å²) in [5, 5.41) is 14.1. The van der Waals surface area contributed by atoms with Gasteiger partial charge in [0.2, 0.25) is 0 Å². The Balaban J connectivity index is 2.03. The molecule has 1 heterocycles. The van der Waals surface area contributed by atoms with Crippen LogP contribution in [0, 0.1) is 5.92 Å². The molecular formula is C20H29NO4. The van der Waals surface area contributed by atoms with Gasteiger partial charge in [-0.25, -0.2) is 0 Å². The van der Waals surface area contributed by atoms with E-state index in [0.29, 0.717) is 36.1 Å². The molecule has 2 unspecified atom stereocenters. The van der Waals surface area contributed by atoms with Crippen molar-refractivity contribution in [2.45, 2.75) is 52.7 Å². The molecule has 2 aromatic rings. The number of aliphatic hydroxyl groups excluding tert-OH is 1. The fourth-order valence-corrected chi connectivity index (χ4v) is 2.49. The molecule has 0 amide bonds. The lowest BCUT2D eigenvalue weighted by atomic mass is 10.1. The van der Waals surface area contributed by atoms with E-state index < -0.39 is 6.10 Å². The molecule has 1 aromatic carbocycles. The Morgan fingerprint density at radius 3 is 2.76 bits per heavy atom. The molecule has 25 heavy (non-hydrogen) atoms. The standard InChI is InChI=1S/C20H29NO4/c1-5-14(4)21-11-16(22)12-24-18-8-6-7-15-10-19(25-20(15)18)17(23)9-13(2)3/h6-8,10,13-14,16,21-22H,5,9,11-12H2,1-4H3.